The summed E-state index contributed by atoms with van der Waals surface area (Å²) in [6.45, 7) is 3.20. The van der Waals surface area contributed by atoms with E-state index in [0.717, 1.165) is 11.4 Å². The number of rotatable bonds is 6. The van der Waals surface area contributed by atoms with Crippen molar-refractivity contribution in [3.63, 3.8) is 0 Å². The van der Waals surface area contributed by atoms with E-state index in [2.05, 4.69) is 15.5 Å². The number of phenols is 1. The van der Waals surface area contributed by atoms with Gasteiger partial charge in [-0.25, -0.2) is 0 Å². The molecule has 3 N–H and O–H groups in total. The monoisotopic (exact) mass is 397 g/mol. The highest BCUT2D eigenvalue weighted by Crippen LogP contribution is 2.25. The molecule has 0 aromatic heterocycles. The first-order valence-corrected chi connectivity index (χ1v) is 9.75. The van der Waals surface area contributed by atoms with E-state index in [1.54, 1.807) is 55.6 Å². The number of hydrogen-bond donors (Lipinski definition) is 3. The number of piperidine rings is 1. The minimum Gasteiger partial charge on any atom is -0.506 e. The maximum atomic E-state index is 12.6. The molecule has 3 rings (SSSR count). The number of para-hydroxylation sites is 2. The number of hydrogen-bond acceptors (Lipinski definition) is 5. The molecule has 1 aliphatic rings. The third-order valence-electron chi connectivity index (χ3n) is 5.35. The van der Waals surface area contributed by atoms with E-state index < -0.39 is 0 Å². The molecule has 0 aliphatic carbocycles. The first kappa shape index (κ1) is 20.7. The standard InChI is InChI=1S/C22H27N3O4/c1-15(21(27)23-17-7-9-18(29-2)10-8-17)25-13-11-16(12-14-25)22(28)24-19-5-3-4-6-20(19)26/h3-10,15-16,26H,11-14H2,1-2H3,(H,23,27)(H,24,28). The number of phenolic OH excluding ortho intramolecular Hbond substituents is 1. The molecule has 1 heterocycles. The predicted octanol–water partition coefficient (Wildman–Crippen LogP) is 3.08. The van der Waals surface area contributed by atoms with Crippen molar-refractivity contribution in [2.24, 2.45) is 5.92 Å². The van der Waals surface area contributed by atoms with Crippen molar-refractivity contribution < 1.29 is 19.4 Å². The predicted molar refractivity (Wildman–Crippen MR) is 112 cm³/mol. The van der Waals surface area contributed by atoms with E-state index in [4.69, 9.17) is 4.74 Å². The summed E-state index contributed by atoms with van der Waals surface area (Å²) in [7, 11) is 1.60. The van der Waals surface area contributed by atoms with Gasteiger partial charge in [0.2, 0.25) is 11.8 Å². The number of methoxy groups -OCH3 is 1. The Morgan fingerprint density at radius 1 is 1.07 bits per heavy atom. The summed E-state index contributed by atoms with van der Waals surface area (Å²) in [6.07, 6.45) is 1.33. The Balaban J connectivity index is 1.49. The highest BCUT2D eigenvalue weighted by molar-refractivity contribution is 5.95. The molecule has 0 radical (unpaired) electrons. The second-order valence-electron chi connectivity index (χ2n) is 7.21. The second-order valence-corrected chi connectivity index (χ2v) is 7.21. The van der Waals surface area contributed by atoms with Gasteiger partial charge in [-0.05, 0) is 69.3 Å². The van der Waals surface area contributed by atoms with Gasteiger partial charge >= 0.3 is 0 Å². The van der Waals surface area contributed by atoms with Gasteiger partial charge in [0.15, 0.2) is 0 Å². The van der Waals surface area contributed by atoms with E-state index in [9.17, 15) is 14.7 Å². The van der Waals surface area contributed by atoms with Crippen molar-refractivity contribution in [3.8, 4) is 11.5 Å². The lowest BCUT2D eigenvalue weighted by Gasteiger charge is -2.34. The number of likely N-dealkylation sites (tertiary alicyclic amines) is 1. The average molecular weight is 397 g/mol. The van der Waals surface area contributed by atoms with E-state index in [1.807, 2.05) is 6.92 Å². The summed E-state index contributed by atoms with van der Waals surface area (Å²) in [5, 5.41) is 15.5. The fourth-order valence-electron chi connectivity index (χ4n) is 3.45. The smallest absolute Gasteiger partial charge is 0.241 e. The molecule has 0 bridgehead atoms. The van der Waals surface area contributed by atoms with Crippen LogP contribution in [0.3, 0.4) is 0 Å². The van der Waals surface area contributed by atoms with Gasteiger partial charge in [0.25, 0.3) is 0 Å². The Morgan fingerprint density at radius 2 is 1.72 bits per heavy atom. The number of benzene rings is 2. The number of carbonyl (C=O) groups is 2. The van der Waals surface area contributed by atoms with Crippen molar-refractivity contribution in [2.75, 3.05) is 30.8 Å². The van der Waals surface area contributed by atoms with Gasteiger partial charge in [0.05, 0.1) is 18.8 Å². The maximum absolute atomic E-state index is 12.6. The van der Waals surface area contributed by atoms with Crippen molar-refractivity contribution >= 4 is 23.2 Å². The quantitative estimate of drug-likeness (QED) is 0.652. The van der Waals surface area contributed by atoms with Crippen LogP contribution in [0, 0.1) is 5.92 Å². The van der Waals surface area contributed by atoms with Crippen molar-refractivity contribution in [1.82, 2.24) is 4.90 Å². The Hall–Kier alpha value is -3.06. The van der Waals surface area contributed by atoms with Crippen LogP contribution in [0.25, 0.3) is 0 Å². The van der Waals surface area contributed by atoms with E-state index in [0.29, 0.717) is 31.6 Å². The minimum absolute atomic E-state index is 0.0575. The van der Waals surface area contributed by atoms with Gasteiger partial charge in [-0.15, -0.1) is 0 Å². The molecular weight excluding hydrogens is 370 g/mol. The summed E-state index contributed by atoms with van der Waals surface area (Å²) in [5.41, 5.74) is 1.15. The van der Waals surface area contributed by atoms with Crippen LogP contribution in [0.4, 0.5) is 11.4 Å². The van der Waals surface area contributed by atoms with Crippen LogP contribution in [0.15, 0.2) is 48.5 Å². The van der Waals surface area contributed by atoms with Crippen LogP contribution in [-0.2, 0) is 9.59 Å². The molecule has 1 fully saturated rings. The molecule has 2 aromatic carbocycles. The average Bonchev–Trinajstić information content (AvgIpc) is 2.75. The second kappa shape index (κ2) is 9.43. The molecule has 1 unspecified atom stereocenters. The zero-order valence-corrected chi connectivity index (χ0v) is 16.7. The fraction of sp³-hybridized carbons (Fsp3) is 0.364. The van der Waals surface area contributed by atoms with Gasteiger partial charge in [-0.2, -0.15) is 0 Å². The van der Waals surface area contributed by atoms with Gasteiger partial charge in [-0.3, -0.25) is 14.5 Å². The summed E-state index contributed by atoms with van der Waals surface area (Å²) >= 11 is 0. The highest BCUT2D eigenvalue weighted by atomic mass is 16.5. The van der Waals surface area contributed by atoms with Crippen molar-refractivity contribution in [2.45, 2.75) is 25.8 Å². The van der Waals surface area contributed by atoms with Crippen molar-refractivity contribution in [1.29, 1.82) is 0 Å². The van der Waals surface area contributed by atoms with E-state index in [1.165, 1.54) is 0 Å². The third kappa shape index (κ3) is 5.26. The first-order valence-electron chi connectivity index (χ1n) is 9.75. The normalized spacial score (nSPS) is 16.1. The Kier molecular flexibility index (Phi) is 6.72. The molecule has 1 aliphatic heterocycles. The molecular formula is C22H27N3O4. The molecule has 7 nitrogen and oxygen atoms in total. The molecule has 7 heteroatoms. The lowest BCUT2D eigenvalue weighted by Crippen LogP contribution is -2.47. The molecule has 1 atom stereocenters. The highest BCUT2D eigenvalue weighted by Gasteiger charge is 2.30. The zero-order chi connectivity index (χ0) is 20.8. The number of ether oxygens (including phenoxy) is 1. The summed E-state index contributed by atoms with van der Waals surface area (Å²) < 4.78 is 5.12. The number of aromatic hydroxyl groups is 1. The van der Waals surface area contributed by atoms with Gasteiger partial charge < -0.3 is 20.5 Å². The summed E-state index contributed by atoms with van der Waals surface area (Å²) in [5.74, 6) is 0.485. The van der Waals surface area contributed by atoms with Gasteiger partial charge in [0, 0.05) is 11.6 Å². The van der Waals surface area contributed by atoms with Crippen LogP contribution in [0.2, 0.25) is 0 Å². The molecule has 2 amide bonds. The number of carbonyl (C=O) groups excluding carboxylic acids is 2. The first-order chi connectivity index (χ1) is 14.0. The summed E-state index contributed by atoms with van der Waals surface area (Å²) in [4.78, 5) is 27.1. The Labute approximate surface area is 170 Å². The molecule has 1 saturated heterocycles. The lowest BCUT2D eigenvalue weighted by molar-refractivity contribution is -0.123. The number of amides is 2. The van der Waals surface area contributed by atoms with Gasteiger partial charge in [0.1, 0.15) is 11.5 Å². The number of anilines is 2. The van der Waals surface area contributed by atoms with Crippen LogP contribution in [-0.4, -0.2) is 48.1 Å². The van der Waals surface area contributed by atoms with Gasteiger partial charge in [-0.1, -0.05) is 12.1 Å². The molecule has 29 heavy (non-hydrogen) atoms. The van der Waals surface area contributed by atoms with E-state index >= 15 is 0 Å². The fourth-order valence-corrected chi connectivity index (χ4v) is 3.45. The van der Waals surface area contributed by atoms with Crippen LogP contribution >= 0.6 is 0 Å². The maximum Gasteiger partial charge on any atom is 0.241 e. The van der Waals surface area contributed by atoms with Crippen LogP contribution < -0.4 is 15.4 Å². The lowest BCUT2D eigenvalue weighted by atomic mass is 9.94. The molecule has 2 aromatic rings. The Morgan fingerprint density at radius 3 is 2.34 bits per heavy atom. The van der Waals surface area contributed by atoms with Crippen LogP contribution in [0.5, 0.6) is 11.5 Å². The Bertz CT molecular complexity index is 845. The molecule has 154 valence electrons. The number of nitrogens with zero attached hydrogens (tertiary/aromatic N) is 1. The SMILES string of the molecule is COc1ccc(NC(=O)C(C)N2CCC(C(=O)Nc3ccccc3O)CC2)cc1. The largest absolute Gasteiger partial charge is 0.506 e. The van der Waals surface area contributed by atoms with Crippen LogP contribution in [0.1, 0.15) is 19.8 Å². The van der Waals surface area contributed by atoms with E-state index in [-0.39, 0.29) is 29.5 Å². The zero-order valence-electron chi connectivity index (χ0n) is 16.7. The minimum atomic E-state index is -0.292. The topological polar surface area (TPSA) is 90.9 Å². The third-order valence-corrected chi connectivity index (χ3v) is 5.35. The number of nitrogens with one attached hydrogen (secondary N) is 2. The molecule has 0 spiro atoms. The summed E-state index contributed by atoms with van der Waals surface area (Å²) in [6, 6.07) is 13.6. The molecule has 0 saturated carbocycles. The van der Waals surface area contributed by atoms with Crippen molar-refractivity contribution in [3.05, 3.63) is 48.5 Å².